The van der Waals surface area contributed by atoms with Gasteiger partial charge in [0.25, 0.3) is 0 Å². The van der Waals surface area contributed by atoms with E-state index >= 15 is 0 Å². The highest BCUT2D eigenvalue weighted by Gasteiger charge is 2.31. The summed E-state index contributed by atoms with van der Waals surface area (Å²) in [5, 5.41) is 4.19. The molecule has 7 heteroatoms. The summed E-state index contributed by atoms with van der Waals surface area (Å²) < 4.78 is 0. The Morgan fingerprint density at radius 3 is 2.84 bits per heavy atom. The Morgan fingerprint density at radius 1 is 1.32 bits per heavy atom. The molecule has 1 aliphatic heterocycles. The summed E-state index contributed by atoms with van der Waals surface area (Å²) in [6.45, 7) is 3.68. The number of H-pyrrole nitrogens is 1. The molecule has 7 nitrogen and oxygen atoms in total. The summed E-state index contributed by atoms with van der Waals surface area (Å²) in [7, 11) is 3.89. The number of piperidine rings is 1. The summed E-state index contributed by atoms with van der Waals surface area (Å²) in [4.78, 5) is 29.4. The van der Waals surface area contributed by atoms with Crippen molar-refractivity contribution in [1.29, 1.82) is 0 Å². The second-order valence-corrected chi connectivity index (χ2v) is 7.52. The first-order chi connectivity index (χ1) is 12.0. The first-order valence-corrected chi connectivity index (χ1v) is 9.11. The Kier molecular flexibility index (Phi) is 4.01. The fourth-order valence-electron chi connectivity index (χ4n) is 3.48. The maximum Gasteiger partial charge on any atom is 0.228 e. The van der Waals surface area contributed by atoms with Crippen molar-refractivity contribution in [2.24, 2.45) is 5.92 Å². The lowest BCUT2D eigenvalue weighted by Crippen LogP contribution is -2.44. The number of aromatic amines is 1. The number of anilines is 2. The van der Waals surface area contributed by atoms with Crippen molar-refractivity contribution in [3.05, 3.63) is 11.8 Å². The van der Waals surface area contributed by atoms with E-state index in [0.717, 1.165) is 61.3 Å². The molecule has 1 saturated carbocycles. The van der Waals surface area contributed by atoms with Gasteiger partial charge in [-0.25, -0.2) is 0 Å². The Balaban J connectivity index is 1.64. The van der Waals surface area contributed by atoms with E-state index in [1.54, 1.807) is 0 Å². The average molecular weight is 342 g/mol. The van der Waals surface area contributed by atoms with Gasteiger partial charge in [0.15, 0.2) is 0 Å². The van der Waals surface area contributed by atoms with Crippen LogP contribution in [0.15, 0.2) is 6.07 Å². The Labute approximate surface area is 147 Å². The van der Waals surface area contributed by atoms with Crippen molar-refractivity contribution in [2.75, 3.05) is 37.0 Å². The molecular formula is C18H26N6O. The van der Waals surface area contributed by atoms with Gasteiger partial charge in [-0.2, -0.15) is 9.97 Å². The van der Waals surface area contributed by atoms with E-state index in [2.05, 4.69) is 26.3 Å². The van der Waals surface area contributed by atoms with Gasteiger partial charge in [0.1, 0.15) is 11.5 Å². The normalized spacial score (nSPS) is 20.8. The molecule has 0 bridgehead atoms. The SMILES string of the molecule is Cc1cc2c(N3CCCC(C(=O)NC4CC4)C3)nc(N(C)C)nc2[nH]1. The van der Waals surface area contributed by atoms with Crippen LogP contribution in [0.3, 0.4) is 0 Å². The molecule has 25 heavy (non-hydrogen) atoms. The van der Waals surface area contributed by atoms with E-state index in [9.17, 15) is 4.79 Å². The lowest BCUT2D eigenvalue weighted by Gasteiger charge is -2.33. The van der Waals surface area contributed by atoms with Crippen LogP contribution in [0.2, 0.25) is 0 Å². The van der Waals surface area contributed by atoms with Crippen LogP contribution in [0.25, 0.3) is 11.0 Å². The van der Waals surface area contributed by atoms with Gasteiger partial charge in [-0.1, -0.05) is 0 Å². The third-order valence-electron chi connectivity index (χ3n) is 5.01. The highest BCUT2D eigenvalue weighted by atomic mass is 16.2. The molecule has 1 aliphatic carbocycles. The van der Waals surface area contributed by atoms with Gasteiger partial charge >= 0.3 is 0 Å². The number of nitrogens with one attached hydrogen (secondary N) is 2. The van der Waals surface area contributed by atoms with Crippen molar-refractivity contribution in [2.45, 2.75) is 38.6 Å². The zero-order valence-electron chi connectivity index (χ0n) is 15.2. The van der Waals surface area contributed by atoms with Gasteiger partial charge in [0.05, 0.1) is 11.3 Å². The van der Waals surface area contributed by atoms with Crippen molar-refractivity contribution in [3.8, 4) is 0 Å². The van der Waals surface area contributed by atoms with Gasteiger partial charge in [0, 0.05) is 38.9 Å². The molecule has 1 atom stereocenters. The van der Waals surface area contributed by atoms with Crippen LogP contribution >= 0.6 is 0 Å². The molecule has 134 valence electrons. The molecule has 0 radical (unpaired) electrons. The highest BCUT2D eigenvalue weighted by Crippen LogP contribution is 2.30. The summed E-state index contributed by atoms with van der Waals surface area (Å²) in [6.07, 6.45) is 4.22. The number of rotatable bonds is 4. The van der Waals surface area contributed by atoms with Gasteiger partial charge < -0.3 is 20.1 Å². The molecule has 2 aromatic rings. The number of nitrogens with zero attached hydrogens (tertiary/aromatic N) is 4. The van der Waals surface area contributed by atoms with Crippen molar-refractivity contribution in [1.82, 2.24) is 20.3 Å². The third-order valence-corrected chi connectivity index (χ3v) is 5.01. The average Bonchev–Trinajstić information content (AvgIpc) is 3.32. The van der Waals surface area contributed by atoms with E-state index < -0.39 is 0 Å². The van der Waals surface area contributed by atoms with Crippen molar-refractivity contribution < 1.29 is 4.79 Å². The van der Waals surface area contributed by atoms with E-state index in [-0.39, 0.29) is 11.8 Å². The summed E-state index contributed by atoms with van der Waals surface area (Å²) in [6, 6.07) is 2.51. The van der Waals surface area contributed by atoms with Crippen molar-refractivity contribution >= 4 is 28.7 Å². The minimum absolute atomic E-state index is 0.0437. The third kappa shape index (κ3) is 3.27. The largest absolute Gasteiger partial charge is 0.355 e. The first-order valence-electron chi connectivity index (χ1n) is 9.11. The molecule has 2 fully saturated rings. The molecule has 3 heterocycles. The summed E-state index contributed by atoms with van der Waals surface area (Å²) in [5.74, 6) is 1.87. The summed E-state index contributed by atoms with van der Waals surface area (Å²) >= 11 is 0. The number of carbonyl (C=O) groups excluding carboxylic acids is 1. The second kappa shape index (κ2) is 6.20. The molecule has 1 amide bonds. The zero-order chi connectivity index (χ0) is 17.6. The minimum Gasteiger partial charge on any atom is -0.355 e. The van der Waals surface area contributed by atoms with Crippen LogP contribution in [-0.2, 0) is 4.79 Å². The Hall–Kier alpha value is -2.31. The maximum absolute atomic E-state index is 12.5. The molecular weight excluding hydrogens is 316 g/mol. The van der Waals surface area contributed by atoms with E-state index in [4.69, 9.17) is 4.98 Å². The smallest absolute Gasteiger partial charge is 0.228 e. The van der Waals surface area contributed by atoms with Crippen LogP contribution in [0.5, 0.6) is 0 Å². The number of hydrogen-bond acceptors (Lipinski definition) is 5. The van der Waals surface area contributed by atoms with Gasteiger partial charge in [-0.05, 0) is 38.7 Å². The Morgan fingerprint density at radius 2 is 2.12 bits per heavy atom. The van der Waals surface area contributed by atoms with Crippen LogP contribution in [0.4, 0.5) is 11.8 Å². The molecule has 4 rings (SSSR count). The second-order valence-electron chi connectivity index (χ2n) is 7.52. The van der Waals surface area contributed by atoms with Crippen LogP contribution in [0.1, 0.15) is 31.4 Å². The maximum atomic E-state index is 12.5. The fourth-order valence-corrected chi connectivity index (χ4v) is 3.48. The lowest BCUT2D eigenvalue weighted by atomic mass is 9.97. The zero-order valence-corrected chi connectivity index (χ0v) is 15.2. The predicted octanol–water partition coefficient (Wildman–Crippen LogP) is 1.83. The predicted molar refractivity (Wildman–Crippen MR) is 99.1 cm³/mol. The van der Waals surface area contributed by atoms with Crippen LogP contribution in [-0.4, -0.2) is 54.1 Å². The monoisotopic (exact) mass is 342 g/mol. The highest BCUT2D eigenvalue weighted by molar-refractivity contribution is 5.90. The van der Waals surface area contributed by atoms with E-state index in [0.29, 0.717) is 12.0 Å². The van der Waals surface area contributed by atoms with Crippen molar-refractivity contribution in [3.63, 3.8) is 0 Å². The molecule has 2 aromatic heterocycles. The molecule has 2 aliphatic rings. The number of aromatic nitrogens is 3. The fraction of sp³-hybridized carbons (Fsp3) is 0.611. The lowest BCUT2D eigenvalue weighted by molar-refractivity contribution is -0.125. The number of amides is 1. The van der Waals surface area contributed by atoms with Gasteiger partial charge in [-0.15, -0.1) is 0 Å². The summed E-state index contributed by atoms with van der Waals surface area (Å²) in [5.41, 5.74) is 1.93. The van der Waals surface area contributed by atoms with Crippen LogP contribution < -0.4 is 15.1 Å². The van der Waals surface area contributed by atoms with Gasteiger partial charge in [-0.3, -0.25) is 4.79 Å². The molecule has 0 aromatic carbocycles. The molecule has 2 N–H and O–H groups in total. The van der Waals surface area contributed by atoms with E-state index in [1.807, 2.05) is 25.9 Å². The quantitative estimate of drug-likeness (QED) is 0.886. The number of hydrogen-bond donors (Lipinski definition) is 2. The molecule has 0 spiro atoms. The first kappa shape index (κ1) is 16.2. The number of fused-ring (bicyclic) bond motifs is 1. The topological polar surface area (TPSA) is 77.2 Å². The molecule has 1 unspecified atom stereocenters. The standard InChI is InChI=1S/C18H26N6O/c1-11-9-14-15(19-11)21-18(23(2)3)22-16(14)24-8-4-5-12(10-24)17(25)20-13-6-7-13/h9,12-13H,4-8,10H2,1-3H3,(H,20,25)(H,19,21,22). The van der Waals surface area contributed by atoms with Gasteiger partial charge in [0.2, 0.25) is 11.9 Å². The number of carbonyl (C=O) groups is 1. The minimum atomic E-state index is 0.0437. The van der Waals surface area contributed by atoms with E-state index in [1.165, 1.54) is 0 Å². The molecule has 1 saturated heterocycles. The Bertz CT molecular complexity index is 794. The number of aryl methyl sites for hydroxylation is 1. The van der Waals surface area contributed by atoms with Crippen LogP contribution in [0, 0.1) is 12.8 Å².